The van der Waals surface area contributed by atoms with Gasteiger partial charge in [0, 0.05) is 23.0 Å². The molecule has 1 aliphatic heterocycles. The highest BCUT2D eigenvalue weighted by Gasteiger charge is 2.57. The Morgan fingerprint density at radius 3 is 2.56 bits per heavy atom. The van der Waals surface area contributed by atoms with Crippen molar-refractivity contribution in [3.63, 3.8) is 0 Å². The minimum absolute atomic E-state index is 0.0439. The number of carbonyl (C=O) groups excluding carboxylic acids is 1. The summed E-state index contributed by atoms with van der Waals surface area (Å²) in [4.78, 5) is 25.1. The number of carboxylic acid groups (broad SMARTS) is 1. The number of aliphatic carboxylic acids is 1. The van der Waals surface area contributed by atoms with Gasteiger partial charge in [0.05, 0.1) is 5.60 Å². The van der Waals surface area contributed by atoms with Crippen molar-refractivity contribution in [1.82, 2.24) is 4.90 Å². The Labute approximate surface area is 168 Å². The van der Waals surface area contributed by atoms with Gasteiger partial charge in [0.15, 0.2) is 0 Å². The van der Waals surface area contributed by atoms with E-state index < -0.39 is 17.2 Å². The van der Waals surface area contributed by atoms with E-state index in [1.807, 2.05) is 45.0 Å². The van der Waals surface area contributed by atoms with Crippen LogP contribution in [0.1, 0.15) is 45.6 Å². The fraction of sp³-hybridized carbons (Fsp3) is 0.600. The molecule has 1 aromatic carbocycles. The fourth-order valence-corrected chi connectivity index (χ4v) is 4.56. The van der Waals surface area contributed by atoms with Crippen LogP contribution in [0.3, 0.4) is 0 Å². The van der Waals surface area contributed by atoms with Crippen molar-refractivity contribution in [2.75, 3.05) is 19.7 Å². The number of rotatable bonds is 4. The van der Waals surface area contributed by atoms with Gasteiger partial charge in [0.1, 0.15) is 12.2 Å². The van der Waals surface area contributed by atoms with E-state index in [1.165, 1.54) is 0 Å². The molecule has 1 saturated heterocycles. The topological polar surface area (TPSA) is 76.1 Å². The molecule has 1 spiro atoms. The second-order valence-electron chi connectivity index (χ2n) is 8.70. The molecule has 1 unspecified atom stereocenters. The first kappa shape index (κ1) is 20.1. The van der Waals surface area contributed by atoms with Gasteiger partial charge >= 0.3 is 12.1 Å². The maximum absolute atomic E-state index is 12.3. The zero-order chi connectivity index (χ0) is 19.9. The predicted molar refractivity (Wildman–Crippen MR) is 103 cm³/mol. The molecule has 1 atom stereocenters. The molecule has 6 nitrogen and oxygen atoms in total. The third kappa shape index (κ3) is 4.46. The van der Waals surface area contributed by atoms with E-state index in [0.717, 1.165) is 22.9 Å². The van der Waals surface area contributed by atoms with Crippen LogP contribution >= 0.6 is 15.9 Å². The highest BCUT2D eigenvalue weighted by atomic mass is 79.9. The average Bonchev–Trinajstić information content (AvgIpc) is 2.91. The van der Waals surface area contributed by atoms with E-state index in [4.69, 9.17) is 14.6 Å². The second-order valence-corrected chi connectivity index (χ2v) is 9.62. The average molecular weight is 440 g/mol. The molecule has 2 fully saturated rings. The number of carboxylic acids is 1. The van der Waals surface area contributed by atoms with E-state index in [-0.39, 0.29) is 18.1 Å². The molecular formula is C20H26BrNO5. The lowest BCUT2D eigenvalue weighted by atomic mass is 9.76. The number of benzene rings is 1. The molecule has 0 bridgehead atoms. The summed E-state index contributed by atoms with van der Waals surface area (Å²) in [5.41, 5.74) is -0.217. The molecule has 1 saturated carbocycles. The van der Waals surface area contributed by atoms with Gasteiger partial charge in [-0.2, -0.15) is 0 Å². The minimum atomic E-state index is -0.977. The Bertz CT molecular complexity index is 738. The summed E-state index contributed by atoms with van der Waals surface area (Å²) in [5, 5.41) is 9.11. The summed E-state index contributed by atoms with van der Waals surface area (Å²) >= 11 is 3.49. The largest absolute Gasteiger partial charge is 0.480 e. The van der Waals surface area contributed by atoms with Crippen molar-refractivity contribution in [3.8, 4) is 0 Å². The van der Waals surface area contributed by atoms with Gasteiger partial charge in [-0.15, -0.1) is 0 Å². The minimum Gasteiger partial charge on any atom is -0.480 e. The number of hydrogen-bond donors (Lipinski definition) is 1. The molecule has 1 aromatic rings. The first-order valence-electron chi connectivity index (χ1n) is 9.12. The number of halogens is 1. The number of hydrogen-bond acceptors (Lipinski definition) is 4. The Hall–Kier alpha value is -1.60. The maximum Gasteiger partial charge on any atom is 0.410 e. The Balaban J connectivity index is 1.74. The molecule has 148 valence electrons. The van der Waals surface area contributed by atoms with E-state index in [9.17, 15) is 9.59 Å². The van der Waals surface area contributed by atoms with Gasteiger partial charge in [-0.1, -0.05) is 28.1 Å². The predicted octanol–water partition coefficient (Wildman–Crippen LogP) is 4.17. The molecule has 7 heteroatoms. The molecule has 1 N–H and O–H groups in total. The van der Waals surface area contributed by atoms with Crippen LogP contribution in [-0.2, 0) is 19.9 Å². The summed E-state index contributed by atoms with van der Waals surface area (Å²) in [6.45, 7) is 6.47. The van der Waals surface area contributed by atoms with Gasteiger partial charge in [-0.3, -0.25) is 0 Å². The van der Waals surface area contributed by atoms with Crippen LogP contribution < -0.4 is 0 Å². The fourth-order valence-electron chi connectivity index (χ4n) is 4.16. The van der Waals surface area contributed by atoms with Crippen LogP contribution in [0.25, 0.3) is 0 Å². The van der Waals surface area contributed by atoms with Crippen LogP contribution in [0.15, 0.2) is 28.7 Å². The Morgan fingerprint density at radius 1 is 1.26 bits per heavy atom. The smallest absolute Gasteiger partial charge is 0.410 e. The highest BCUT2D eigenvalue weighted by Crippen LogP contribution is 2.56. The molecule has 3 rings (SSSR count). The van der Waals surface area contributed by atoms with E-state index in [1.54, 1.807) is 4.90 Å². The number of ether oxygens (including phenoxy) is 2. The molecule has 1 heterocycles. The maximum atomic E-state index is 12.3. The quantitative estimate of drug-likeness (QED) is 0.761. The summed E-state index contributed by atoms with van der Waals surface area (Å²) < 4.78 is 12.3. The number of carbonyl (C=O) groups is 2. The van der Waals surface area contributed by atoms with Crippen LogP contribution in [-0.4, -0.2) is 47.4 Å². The lowest BCUT2D eigenvalue weighted by Gasteiger charge is -2.49. The highest BCUT2D eigenvalue weighted by molar-refractivity contribution is 9.10. The van der Waals surface area contributed by atoms with Gasteiger partial charge in [0.25, 0.3) is 0 Å². The standard InChI is InChI=1S/C20H26BrNO5/c1-18(2,3)27-17(25)22-12-19(13-22)7-8-20(11-19,26-10-16(23)24)14-5-4-6-15(21)9-14/h4-6,9H,7-8,10-13H2,1-3H3,(H,23,24). The van der Waals surface area contributed by atoms with Crippen molar-refractivity contribution in [1.29, 1.82) is 0 Å². The molecule has 0 aromatic heterocycles. The summed E-state index contributed by atoms with van der Waals surface area (Å²) in [6.07, 6.45) is 2.03. The monoisotopic (exact) mass is 439 g/mol. The van der Waals surface area contributed by atoms with E-state index in [2.05, 4.69) is 15.9 Å². The number of nitrogens with zero attached hydrogens (tertiary/aromatic N) is 1. The van der Waals surface area contributed by atoms with Crippen molar-refractivity contribution < 1.29 is 24.2 Å². The van der Waals surface area contributed by atoms with Gasteiger partial charge in [-0.05, 0) is 57.7 Å². The first-order valence-corrected chi connectivity index (χ1v) is 9.92. The third-order valence-corrected chi connectivity index (χ3v) is 5.74. The summed E-state index contributed by atoms with van der Waals surface area (Å²) in [5.74, 6) is -0.977. The van der Waals surface area contributed by atoms with E-state index in [0.29, 0.717) is 19.5 Å². The number of amides is 1. The third-order valence-electron chi connectivity index (χ3n) is 5.25. The van der Waals surface area contributed by atoms with Crippen molar-refractivity contribution >= 4 is 28.0 Å². The summed E-state index contributed by atoms with van der Waals surface area (Å²) in [7, 11) is 0. The zero-order valence-corrected chi connectivity index (χ0v) is 17.5. The van der Waals surface area contributed by atoms with Crippen LogP contribution in [0, 0.1) is 5.41 Å². The van der Waals surface area contributed by atoms with Crippen LogP contribution in [0.5, 0.6) is 0 Å². The first-order chi connectivity index (χ1) is 12.5. The van der Waals surface area contributed by atoms with Gasteiger partial charge in [-0.25, -0.2) is 9.59 Å². The molecular weight excluding hydrogens is 414 g/mol. The Morgan fingerprint density at radius 2 is 1.96 bits per heavy atom. The van der Waals surface area contributed by atoms with E-state index >= 15 is 0 Å². The SMILES string of the molecule is CC(C)(C)OC(=O)N1CC2(CCC(OCC(=O)O)(c3cccc(Br)c3)C2)C1. The lowest BCUT2D eigenvalue weighted by Crippen LogP contribution is -2.58. The molecule has 0 radical (unpaired) electrons. The normalized spacial score (nSPS) is 23.9. The zero-order valence-electron chi connectivity index (χ0n) is 16.0. The second kappa shape index (κ2) is 7.09. The van der Waals surface area contributed by atoms with Crippen LogP contribution in [0.2, 0.25) is 0 Å². The lowest BCUT2D eigenvalue weighted by molar-refractivity contribution is -0.151. The molecule has 1 amide bonds. The van der Waals surface area contributed by atoms with Gasteiger partial charge < -0.3 is 19.5 Å². The number of likely N-dealkylation sites (tertiary alicyclic amines) is 1. The van der Waals surface area contributed by atoms with Crippen LogP contribution in [0.4, 0.5) is 4.79 Å². The Kier molecular flexibility index (Phi) is 5.29. The molecule has 2 aliphatic rings. The van der Waals surface area contributed by atoms with Gasteiger partial charge in [0.2, 0.25) is 0 Å². The molecule has 1 aliphatic carbocycles. The van der Waals surface area contributed by atoms with Crippen molar-refractivity contribution in [3.05, 3.63) is 34.3 Å². The molecule has 27 heavy (non-hydrogen) atoms. The van der Waals surface area contributed by atoms with Crippen molar-refractivity contribution in [2.24, 2.45) is 5.41 Å². The van der Waals surface area contributed by atoms with Crippen molar-refractivity contribution in [2.45, 2.75) is 51.2 Å². The summed E-state index contributed by atoms with van der Waals surface area (Å²) in [6, 6.07) is 7.85.